The number of amides is 1. The van der Waals surface area contributed by atoms with Crippen LogP contribution < -0.4 is 0 Å². The van der Waals surface area contributed by atoms with Crippen LogP contribution in [0, 0.1) is 0 Å². The molecule has 0 heterocycles. The predicted octanol–water partition coefficient (Wildman–Crippen LogP) is 5.12. The van der Waals surface area contributed by atoms with E-state index in [0.29, 0.717) is 11.7 Å². The smallest absolute Gasteiger partial charge is 0.409 e. The fourth-order valence-electron chi connectivity index (χ4n) is 4.11. The second-order valence-corrected chi connectivity index (χ2v) is 7.35. The highest BCUT2D eigenvalue weighted by molar-refractivity contribution is 5.67. The summed E-state index contributed by atoms with van der Waals surface area (Å²) in [5.41, 5.74) is 2.58. The number of phenols is 1. The summed E-state index contributed by atoms with van der Waals surface area (Å²) in [7, 11) is 1.47. The van der Waals surface area contributed by atoms with Crippen LogP contribution >= 0.6 is 0 Å². The lowest BCUT2D eigenvalue weighted by molar-refractivity contribution is 0.0910. The number of hydrogen-bond donors (Lipinski definition) is 1. The van der Waals surface area contributed by atoms with E-state index in [1.807, 2.05) is 23.1 Å². The second-order valence-electron chi connectivity index (χ2n) is 7.35. The molecule has 0 spiro atoms. The monoisotopic (exact) mass is 367 g/mol. The van der Waals surface area contributed by atoms with Gasteiger partial charge >= 0.3 is 6.09 Å². The van der Waals surface area contributed by atoms with E-state index in [9.17, 15) is 9.90 Å². The Labute approximate surface area is 161 Å². The molecular weight excluding hydrogens is 338 g/mol. The molecular formula is C23H29NO3. The van der Waals surface area contributed by atoms with Crippen LogP contribution in [-0.2, 0) is 11.2 Å². The molecule has 1 amide bonds. The average Bonchev–Trinajstić information content (AvgIpc) is 2.72. The van der Waals surface area contributed by atoms with Gasteiger partial charge in [-0.3, -0.25) is 0 Å². The van der Waals surface area contributed by atoms with Crippen LogP contribution in [0.25, 0.3) is 0 Å². The van der Waals surface area contributed by atoms with Crippen molar-refractivity contribution in [3.8, 4) is 5.75 Å². The summed E-state index contributed by atoms with van der Waals surface area (Å²) < 4.78 is 5.05. The van der Waals surface area contributed by atoms with Gasteiger partial charge in [-0.05, 0) is 67.7 Å². The third-order valence-electron chi connectivity index (χ3n) is 5.62. The zero-order chi connectivity index (χ0) is 19.1. The molecule has 2 aromatic carbocycles. The summed E-state index contributed by atoms with van der Waals surface area (Å²) in [5.74, 6) is 0.813. The van der Waals surface area contributed by atoms with E-state index >= 15 is 0 Å². The van der Waals surface area contributed by atoms with Gasteiger partial charge in [0.05, 0.1) is 7.11 Å². The minimum absolute atomic E-state index is 0.212. The van der Waals surface area contributed by atoms with Crippen molar-refractivity contribution < 1.29 is 14.6 Å². The molecule has 0 unspecified atom stereocenters. The first-order valence-corrected chi connectivity index (χ1v) is 9.85. The maximum absolute atomic E-state index is 12.3. The van der Waals surface area contributed by atoms with Gasteiger partial charge < -0.3 is 14.7 Å². The molecule has 1 saturated carbocycles. The lowest BCUT2D eigenvalue weighted by Gasteiger charge is -2.36. The van der Waals surface area contributed by atoms with Crippen LogP contribution in [0.4, 0.5) is 4.79 Å². The maximum Gasteiger partial charge on any atom is 0.409 e. The van der Waals surface area contributed by atoms with E-state index in [1.54, 1.807) is 12.1 Å². The molecule has 27 heavy (non-hydrogen) atoms. The van der Waals surface area contributed by atoms with Gasteiger partial charge in [0.1, 0.15) is 5.75 Å². The Morgan fingerprint density at radius 3 is 2.33 bits per heavy atom. The van der Waals surface area contributed by atoms with Gasteiger partial charge in [0.25, 0.3) is 0 Å². The highest BCUT2D eigenvalue weighted by atomic mass is 16.5. The molecule has 1 aliphatic rings. The van der Waals surface area contributed by atoms with Crippen molar-refractivity contribution in [1.29, 1.82) is 0 Å². The summed E-state index contributed by atoms with van der Waals surface area (Å²) >= 11 is 0. The summed E-state index contributed by atoms with van der Waals surface area (Å²) in [6.45, 7) is 0.732. The van der Waals surface area contributed by atoms with Gasteiger partial charge in [0, 0.05) is 12.6 Å². The third-order valence-corrected chi connectivity index (χ3v) is 5.62. The third kappa shape index (κ3) is 5.25. The summed E-state index contributed by atoms with van der Waals surface area (Å²) in [5, 5.41) is 9.46. The largest absolute Gasteiger partial charge is 0.508 e. The van der Waals surface area contributed by atoms with Crippen molar-refractivity contribution in [2.24, 2.45) is 0 Å². The average molecular weight is 367 g/mol. The van der Waals surface area contributed by atoms with Crippen LogP contribution in [0.15, 0.2) is 54.6 Å². The molecule has 144 valence electrons. The van der Waals surface area contributed by atoms with Crippen molar-refractivity contribution in [2.45, 2.75) is 50.5 Å². The Morgan fingerprint density at radius 1 is 1.04 bits per heavy atom. The van der Waals surface area contributed by atoms with E-state index in [1.165, 1.54) is 18.2 Å². The van der Waals surface area contributed by atoms with Crippen molar-refractivity contribution in [3.05, 3.63) is 65.7 Å². The van der Waals surface area contributed by atoms with Crippen molar-refractivity contribution in [3.63, 3.8) is 0 Å². The highest BCUT2D eigenvalue weighted by Crippen LogP contribution is 2.35. The number of ether oxygens (including phenoxy) is 1. The molecule has 2 aromatic rings. The molecule has 0 aromatic heterocycles. The fourth-order valence-corrected chi connectivity index (χ4v) is 4.11. The Hall–Kier alpha value is -2.49. The van der Waals surface area contributed by atoms with Crippen molar-refractivity contribution in [2.75, 3.05) is 13.7 Å². The predicted molar refractivity (Wildman–Crippen MR) is 107 cm³/mol. The van der Waals surface area contributed by atoms with Crippen LogP contribution in [0.1, 0.15) is 49.1 Å². The summed E-state index contributed by atoms with van der Waals surface area (Å²) in [6.07, 6.45) is 5.80. The Morgan fingerprint density at radius 2 is 1.70 bits per heavy atom. The number of benzene rings is 2. The van der Waals surface area contributed by atoms with Crippen molar-refractivity contribution in [1.82, 2.24) is 4.90 Å². The molecule has 1 N–H and O–H groups in total. The number of carbonyl (C=O) groups excluding carboxylic acids is 1. The first-order chi connectivity index (χ1) is 13.2. The topological polar surface area (TPSA) is 49.8 Å². The molecule has 3 rings (SSSR count). The van der Waals surface area contributed by atoms with Gasteiger partial charge in [-0.15, -0.1) is 0 Å². The number of aryl methyl sites for hydroxylation is 1. The lowest BCUT2D eigenvalue weighted by Crippen LogP contribution is -2.42. The number of carbonyl (C=O) groups is 1. The molecule has 4 heteroatoms. The van der Waals surface area contributed by atoms with Gasteiger partial charge in [0.2, 0.25) is 0 Å². The Balaban J connectivity index is 1.54. The molecule has 4 nitrogen and oxygen atoms in total. The molecule has 0 radical (unpaired) electrons. The number of nitrogens with zero attached hydrogens (tertiary/aromatic N) is 1. The molecule has 1 aliphatic carbocycles. The van der Waals surface area contributed by atoms with E-state index in [-0.39, 0.29) is 12.1 Å². The molecule has 0 aliphatic heterocycles. The first-order valence-electron chi connectivity index (χ1n) is 9.85. The van der Waals surface area contributed by atoms with Gasteiger partial charge in [-0.25, -0.2) is 4.79 Å². The fraction of sp³-hybridized carbons (Fsp3) is 0.435. The minimum atomic E-state index is -0.212. The van der Waals surface area contributed by atoms with E-state index in [4.69, 9.17) is 4.74 Å². The summed E-state index contributed by atoms with van der Waals surface area (Å²) in [4.78, 5) is 14.2. The van der Waals surface area contributed by atoms with Crippen LogP contribution in [0.3, 0.4) is 0 Å². The molecule has 0 saturated heterocycles. The van der Waals surface area contributed by atoms with Gasteiger partial charge in [-0.2, -0.15) is 0 Å². The maximum atomic E-state index is 12.3. The SMILES string of the molecule is COC(=O)N(CCCc1ccccc1)C1CCC(c2ccc(O)cc2)CC1. The molecule has 0 atom stereocenters. The van der Waals surface area contributed by atoms with Gasteiger partial charge in [0.15, 0.2) is 0 Å². The number of phenolic OH excluding ortho intramolecular Hbond substituents is 1. The van der Waals surface area contributed by atoms with Crippen molar-refractivity contribution >= 4 is 6.09 Å². The zero-order valence-corrected chi connectivity index (χ0v) is 16.0. The Kier molecular flexibility index (Phi) is 6.74. The van der Waals surface area contributed by atoms with E-state index in [0.717, 1.165) is 45.1 Å². The number of rotatable bonds is 6. The molecule has 0 bridgehead atoms. The van der Waals surface area contributed by atoms with Crippen LogP contribution in [0.5, 0.6) is 5.75 Å². The highest BCUT2D eigenvalue weighted by Gasteiger charge is 2.29. The van der Waals surface area contributed by atoms with Crippen LogP contribution in [-0.4, -0.2) is 35.8 Å². The number of aromatic hydroxyl groups is 1. The Bertz CT molecular complexity index is 706. The van der Waals surface area contributed by atoms with Crippen LogP contribution in [0.2, 0.25) is 0 Å². The van der Waals surface area contributed by atoms with E-state index in [2.05, 4.69) is 24.3 Å². The minimum Gasteiger partial charge on any atom is -0.508 e. The standard InChI is InChI=1S/C23H29NO3/c1-27-23(26)24(17-5-8-18-6-3-2-4-7-18)21-13-9-19(10-14-21)20-11-15-22(25)16-12-20/h2-4,6-7,11-12,15-16,19,21,25H,5,8-10,13-14,17H2,1H3. The summed E-state index contributed by atoms with van der Waals surface area (Å²) in [6, 6.07) is 18.2. The lowest BCUT2D eigenvalue weighted by atomic mass is 9.81. The number of hydrogen-bond acceptors (Lipinski definition) is 3. The zero-order valence-electron chi connectivity index (χ0n) is 16.0. The van der Waals surface area contributed by atoms with E-state index < -0.39 is 0 Å². The van der Waals surface area contributed by atoms with Gasteiger partial charge in [-0.1, -0.05) is 42.5 Å². The normalized spacial score (nSPS) is 19.4. The quantitative estimate of drug-likeness (QED) is 0.771. The second kappa shape index (κ2) is 9.45. The number of methoxy groups -OCH3 is 1. The first kappa shape index (κ1) is 19.3. The molecule has 1 fully saturated rings.